The van der Waals surface area contributed by atoms with Crippen molar-refractivity contribution >= 4 is 23.2 Å². The van der Waals surface area contributed by atoms with E-state index in [2.05, 4.69) is 21.1 Å². The summed E-state index contributed by atoms with van der Waals surface area (Å²) < 4.78 is 1.04. The van der Waals surface area contributed by atoms with Gasteiger partial charge in [-0.15, -0.1) is 0 Å². The number of H-pyrrole nitrogens is 1. The van der Waals surface area contributed by atoms with E-state index in [9.17, 15) is 14.9 Å². The molecule has 9 heteroatoms. The van der Waals surface area contributed by atoms with Gasteiger partial charge in [0.2, 0.25) is 0 Å². The molecule has 1 aromatic heterocycles. The van der Waals surface area contributed by atoms with Crippen LogP contribution < -0.4 is 11.2 Å². The fourth-order valence-corrected chi connectivity index (χ4v) is 3.99. The summed E-state index contributed by atoms with van der Waals surface area (Å²) >= 11 is 12.7. The third-order valence-corrected chi connectivity index (χ3v) is 5.62. The summed E-state index contributed by atoms with van der Waals surface area (Å²) in [6.07, 6.45) is 2.32. The first-order valence-electron chi connectivity index (χ1n) is 9.58. The minimum atomic E-state index is -1.00. The molecule has 0 radical (unpaired) electrons. The highest BCUT2D eigenvalue weighted by Gasteiger charge is 2.36. The Kier molecular flexibility index (Phi) is 6.96. The van der Waals surface area contributed by atoms with Gasteiger partial charge >= 0.3 is 5.69 Å². The molecular weight excluding hydrogens is 437 g/mol. The van der Waals surface area contributed by atoms with Gasteiger partial charge in [-0.05, 0) is 68.9 Å². The number of hydrogen-bond donors (Lipinski definition) is 1. The maximum Gasteiger partial charge on any atom is 0.349 e. The molecule has 3 rings (SSSR count). The van der Waals surface area contributed by atoms with Crippen molar-refractivity contribution in [3.63, 3.8) is 0 Å². The van der Waals surface area contributed by atoms with Gasteiger partial charge < -0.3 is 4.90 Å². The molecule has 0 spiro atoms. The van der Waals surface area contributed by atoms with Gasteiger partial charge in [-0.3, -0.25) is 9.78 Å². The fraction of sp³-hybridized carbons (Fsp3) is 0.273. The Bertz CT molecular complexity index is 1230. The molecule has 0 aliphatic rings. The van der Waals surface area contributed by atoms with Crippen molar-refractivity contribution in [1.29, 1.82) is 5.26 Å². The van der Waals surface area contributed by atoms with Crippen LogP contribution >= 0.6 is 23.2 Å². The van der Waals surface area contributed by atoms with Gasteiger partial charge in [0, 0.05) is 10.0 Å². The second-order valence-corrected chi connectivity index (χ2v) is 8.29. The molecule has 0 bridgehead atoms. The first kappa shape index (κ1) is 22.8. The third-order valence-electron chi connectivity index (χ3n) is 5.05. The van der Waals surface area contributed by atoms with Gasteiger partial charge in [-0.25, -0.2) is 4.79 Å². The lowest BCUT2D eigenvalue weighted by Crippen LogP contribution is -2.31. The lowest BCUT2D eigenvalue weighted by Gasteiger charge is -2.29. The summed E-state index contributed by atoms with van der Waals surface area (Å²) in [5.41, 5.74) is -0.473. The molecule has 1 unspecified atom stereocenters. The molecule has 0 aliphatic carbocycles. The number of rotatable bonds is 7. The van der Waals surface area contributed by atoms with Crippen LogP contribution in [-0.2, 0) is 5.41 Å². The number of halogens is 2. The van der Waals surface area contributed by atoms with E-state index in [1.807, 2.05) is 26.2 Å². The molecule has 0 amide bonds. The summed E-state index contributed by atoms with van der Waals surface area (Å²) in [5.74, 6) is 0. The van der Waals surface area contributed by atoms with Crippen molar-refractivity contribution in [2.75, 3.05) is 20.6 Å². The van der Waals surface area contributed by atoms with Crippen LogP contribution in [0.2, 0.25) is 10.0 Å². The standard InChI is InChI=1S/C22H21Cl2N5O2/c1-28(2)11-3-10-22(14-25,15-4-6-16(23)7-5-15)18-9-8-17(12-19(18)24)29-21(31)27-20(30)13-26-29/h4-9,12-13H,3,10-11H2,1-2H3,(H,27,30,31). The minimum Gasteiger partial charge on any atom is -0.309 e. The van der Waals surface area contributed by atoms with E-state index in [0.29, 0.717) is 27.7 Å². The lowest BCUT2D eigenvalue weighted by atomic mass is 9.72. The quantitative estimate of drug-likeness (QED) is 0.586. The number of hydrogen-bond acceptors (Lipinski definition) is 5. The van der Waals surface area contributed by atoms with Gasteiger partial charge in [-0.2, -0.15) is 15.0 Å². The van der Waals surface area contributed by atoms with Gasteiger partial charge in [0.25, 0.3) is 5.56 Å². The van der Waals surface area contributed by atoms with Gasteiger partial charge in [0.15, 0.2) is 0 Å². The molecule has 1 atom stereocenters. The molecule has 31 heavy (non-hydrogen) atoms. The Morgan fingerprint density at radius 3 is 2.45 bits per heavy atom. The second kappa shape index (κ2) is 9.48. The van der Waals surface area contributed by atoms with Crippen molar-refractivity contribution < 1.29 is 0 Å². The number of benzene rings is 2. The van der Waals surface area contributed by atoms with Crippen LogP contribution in [0, 0.1) is 11.3 Å². The van der Waals surface area contributed by atoms with Crippen molar-refractivity contribution in [2.24, 2.45) is 0 Å². The number of aromatic amines is 1. The summed E-state index contributed by atoms with van der Waals surface area (Å²) in [5, 5.41) is 15.1. The van der Waals surface area contributed by atoms with Crippen molar-refractivity contribution in [1.82, 2.24) is 19.7 Å². The summed E-state index contributed by atoms with van der Waals surface area (Å²) in [7, 11) is 3.96. The second-order valence-electron chi connectivity index (χ2n) is 7.45. The molecule has 7 nitrogen and oxygen atoms in total. The summed E-state index contributed by atoms with van der Waals surface area (Å²) in [6, 6.07) is 14.6. The van der Waals surface area contributed by atoms with Crippen LogP contribution in [0.4, 0.5) is 0 Å². The largest absolute Gasteiger partial charge is 0.349 e. The van der Waals surface area contributed by atoms with Crippen LogP contribution in [-0.4, -0.2) is 40.3 Å². The zero-order chi connectivity index (χ0) is 22.6. The zero-order valence-corrected chi connectivity index (χ0v) is 18.6. The van der Waals surface area contributed by atoms with Crippen LogP contribution in [0.3, 0.4) is 0 Å². The van der Waals surface area contributed by atoms with E-state index >= 15 is 0 Å². The predicted molar refractivity (Wildman–Crippen MR) is 121 cm³/mol. The van der Waals surface area contributed by atoms with Gasteiger partial charge in [0.05, 0.1) is 11.8 Å². The highest BCUT2D eigenvalue weighted by atomic mass is 35.5. The predicted octanol–water partition coefficient (Wildman–Crippen LogP) is 3.38. The van der Waals surface area contributed by atoms with E-state index in [-0.39, 0.29) is 0 Å². The summed E-state index contributed by atoms with van der Waals surface area (Å²) in [4.78, 5) is 27.6. The Labute approximate surface area is 189 Å². The van der Waals surface area contributed by atoms with Crippen LogP contribution in [0.5, 0.6) is 0 Å². The third kappa shape index (κ3) is 4.88. The minimum absolute atomic E-state index is 0.318. The zero-order valence-electron chi connectivity index (χ0n) is 17.1. The van der Waals surface area contributed by atoms with E-state index in [1.165, 1.54) is 0 Å². The average Bonchev–Trinajstić information content (AvgIpc) is 2.72. The van der Waals surface area contributed by atoms with Crippen molar-refractivity contribution in [2.45, 2.75) is 18.3 Å². The molecular formula is C22H21Cl2N5O2. The first-order valence-corrected chi connectivity index (χ1v) is 10.3. The highest BCUT2D eigenvalue weighted by molar-refractivity contribution is 6.32. The highest BCUT2D eigenvalue weighted by Crippen LogP contribution is 2.41. The van der Waals surface area contributed by atoms with Crippen LogP contribution in [0.1, 0.15) is 24.0 Å². The van der Waals surface area contributed by atoms with Crippen molar-refractivity contribution in [3.8, 4) is 11.8 Å². The molecule has 160 valence electrons. The monoisotopic (exact) mass is 457 g/mol. The van der Waals surface area contributed by atoms with E-state index in [1.54, 1.807) is 30.3 Å². The molecule has 1 heterocycles. The topological polar surface area (TPSA) is 94.8 Å². The Hall–Kier alpha value is -2.92. The van der Waals surface area contributed by atoms with Crippen molar-refractivity contribution in [3.05, 3.63) is 90.7 Å². The van der Waals surface area contributed by atoms with Gasteiger partial charge in [-0.1, -0.05) is 41.4 Å². The molecule has 1 N–H and O–H groups in total. The Morgan fingerprint density at radius 1 is 1.16 bits per heavy atom. The Morgan fingerprint density at radius 2 is 1.87 bits per heavy atom. The van der Waals surface area contributed by atoms with E-state index in [0.717, 1.165) is 29.4 Å². The maximum atomic E-state index is 12.1. The summed E-state index contributed by atoms with van der Waals surface area (Å²) in [6.45, 7) is 0.809. The molecule has 2 aromatic carbocycles. The lowest BCUT2D eigenvalue weighted by molar-refractivity contribution is 0.379. The average molecular weight is 458 g/mol. The smallest absolute Gasteiger partial charge is 0.309 e. The van der Waals surface area contributed by atoms with E-state index in [4.69, 9.17) is 23.2 Å². The molecule has 0 saturated carbocycles. The van der Waals surface area contributed by atoms with E-state index < -0.39 is 16.7 Å². The number of nitriles is 1. The number of nitrogens with zero attached hydrogens (tertiary/aromatic N) is 4. The molecule has 0 aliphatic heterocycles. The Balaban J connectivity index is 2.12. The molecule has 0 fully saturated rings. The number of aromatic nitrogens is 3. The first-order chi connectivity index (χ1) is 14.8. The molecule has 3 aromatic rings. The SMILES string of the molecule is CN(C)CCCC(C#N)(c1ccc(Cl)cc1)c1ccc(-n2ncc(=O)[nH]c2=O)cc1Cl. The van der Waals surface area contributed by atoms with Crippen LogP contribution in [0.15, 0.2) is 58.3 Å². The maximum absolute atomic E-state index is 12.1. The van der Waals surface area contributed by atoms with Gasteiger partial charge in [0.1, 0.15) is 11.6 Å². The van der Waals surface area contributed by atoms with Crippen LogP contribution in [0.25, 0.3) is 5.69 Å². The normalized spacial score (nSPS) is 13.0. The molecule has 0 saturated heterocycles. The fourth-order valence-electron chi connectivity index (χ4n) is 3.53. The number of nitrogens with one attached hydrogen (secondary N) is 1.